The molecule has 0 spiro atoms. The Bertz CT molecular complexity index is 2260. The number of hydrogen-bond donors (Lipinski definition) is 0. The first-order valence-electron chi connectivity index (χ1n) is 18.2. The van der Waals surface area contributed by atoms with Crippen LogP contribution in [0.15, 0.2) is 91.4 Å². The summed E-state index contributed by atoms with van der Waals surface area (Å²) in [6.45, 7) is 13.5. The van der Waals surface area contributed by atoms with Gasteiger partial charge in [0.05, 0.1) is 6.20 Å². The van der Waals surface area contributed by atoms with Gasteiger partial charge in [-0.3, -0.25) is 4.68 Å². The molecule has 0 amide bonds. The zero-order chi connectivity index (χ0) is 34.8. The molecule has 0 unspecified atom stereocenters. The SMILES string of the molecule is CCCCc1c(C)cc(C)c(CCCC)c1-c1cnn(-c2[c-]c(Oc3[c-]c4c(cc3)c3ccccc3n4-c3cc(C(C)C)ccn3)ccc2)c1.[Pt+2]. The Labute approximate surface area is 317 Å². The van der Waals surface area contributed by atoms with Crippen molar-refractivity contribution in [1.29, 1.82) is 0 Å². The first-order valence-corrected chi connectivity index (χ1v) is 18.2. The number of para-hydroxylation sites is 1. The first-order chi connectivity index (χ1) is 24.4. The molecule has 3 aromatic heterocycles. The van der Waals surface area contributed by atoms with Gasteiger partial charge in [0.2, 0.25) is 0 Å². The molecule has 0 fully saturated rings. The van der Waals surface area contributed by atoms with Gasteiger partial charge in [-0.25, -0.2) is 4.98 Å². The molecule has 7 aromatic rings. The summed E-state index contributed by atoms with van der Waals surface area (Å²) in [5.41, 5.74) is 12.3. The average Bonchev–Trinajstić information content (AvgIpc) is 3.74. The fourth-order valence-electron chi connectivity index (χ4n) is 7.19. The molecule has 0 aliphatic heterocycles. The van der Waals surface area contributed by atoms with Crippen LogP contribution in [0.4, 0.5) is 0 Å². The molecular weight excluding hydrogens is 808 g/mol. The van der Waals surface area contributed by atoms with Crippen molar-refractivity contribution in [3.05, 3.63) is 131 Å². The van der Waals surface area contributed by atoms with Gasteiger partial charge in [-0.15, -0.1) is 35.7 Å². The number of hydrogen-bond acceptors (Lipinski definition) is 3. The predicted molar refractivity (Wildman–Crippen MR) is 206 cm³/mol. The van der Waals surface area contributed by atoms with E-state index in [1.54, 1.807) is 0 Å². The van der Waals surface area contributed by atoms with E-state index in [4.69, 9.17) is 14.8 Å². The van der Waals surface area contributed by atoms with Crippen LogP contribution in [0, 0.1) is 26.0 Å². The molecule has 0 radical (unpaired) electrons. The number of ether oxygens (including phenoxy) is 1. The van der Waals surface area contributed by atoms with Crippen molar-refractivity contribution >= 4 is 21.8 Å². The zero-order valence-electron chi connectivity index (χ0n) is 30.5. The molecule has 0 atom stereocenters. The first kappa shape index (κ1) is 36.3. The van der Waals surface area contributed by atoms with Crippen molar-refractivity contribution in [2.24, 2.45) is 0 Å². The van der Waals surface area contributed by atoms with Gasteiger partial charge in [-0.05, 0) is 108 Å². The van der Waals surface area contributed by atoms with E-state index in [2.05, 4.69) is 113 Å². The van der Waals surface area contributed by atoms with E-state index in [-0.39, 0.29) is 21.1 Å². The molecule has 7 rings (SSSR count). The van der Waals surface area contributed by atoms with E-state index in [9.17, 15) is 0 Å². The number of pyridine rings is 1. The van der Waals surface area contributed by atoms with Crippen LogP contribution in [0.3, 0.4) is 0 Å². The van der Waals surface area contributed by atoms with Gasteiger partial charge in [0.25, 0.3) is 0 Å². The van der Waals surface area contributed by atoms with E-state index < -0.39 is 0 Å². The summed E-state index contributed by atoms with van der Waals surface area (Å²) < 4.78 is 10.6. The number of rotatable bonds is 12. The van der Waals surface area contributed by atoms with Gasteiger partial charge in [0, 0.05) is 35.0 Å². The second-order valence-electron chi connectivity index (χ2n) is 13.8. The Morgan fingerprint density at radius 3 is 2.24 bits per heavy atom. The summed E-state index contributed by atoms with van der Waals surface area (Å²) >= 11 is 0. The minimum absolute atomic E-state index is 0. The van der Waals surface area contributed by atoms with Gasteiger partial charge in [-0.1, -0.05) is 70.3 Å². The third kappa shape index (κ3) is 7.32. The smallest absolute Gasteiger partial charge is 0.509 e. The van der Waals surface area contributed by atoms with Crippen molar-refractivity contribution in [3.63, 3.8) is 0 Å². The second kappa shape index (κ2) is 15.8. The maximum absolute atomic E-state index is 6.46. The molecule has 6 heteroatoms. The van der Waals surface area contributed by atoms with Crippen LogP contribution < -0.4 is 4.74 Å². The summed E-state index contributed by atoms with van der Waals surface area (Å²) in [6.07, 6.45) is 12.9. The topological polar surface area (TPSA) is 44.9 Å². The Morgan fingerprint density at radius 1 is 0.784 bits per heavy atom. The Morgan fingerprint density at radius 2 is 1.51 bits per heavy atom. The minimum atomic E-state index is 0. The summed E-state index contributed by atoms with van der Waals surface area (Å²) in [4.78, 5) is 4.78. The van der Waals surface area contributed by atoms with Gasteiger partial charge >= 0.3 is 21.1 Å². The van der Waals surface area contributed by atoms with Gasteiger partial charge in [-0.2, -0.15) is 17.2 Å². The number of benzene rings is 4. The van der Waals surface area contributed by atoms with E-state index in [1.807, 2.05) is 41.3 Å². The third-order valence-electron chi connectivity index (χ3n) is 9.86. The van der Waals surface area contributed by atoms with Crippen LogP contribution in [0.5, 0.6) is 11.5 Å². The standard InChI is InChI=1S/C45H46N4O.Pt/c1-7-9-16-38-31(5)24-32(6)39(17-10-8-2)45(38)34-28-47-48(29-34)35-14-13-15-36(26-35)50-37-20-21-41-40-18-11-12-19-42(40)49(43(41)27-37)44-25-33(30(3)4)22-23-46-44;/h11-15,18-25,28-30H,7-10,16-17H2,1-6H3;/q-2;+2. The van der Waals surface area contributed by atoms with Crippen molar-refractivity contribution in [1.82, 2.24) is 19.3 Å². The summed E-state index contributed by atoms with van der Waals surface area (Å²) in [5, 5.41) is 7.12. The average molecular weight is 854 g/mol. The summed E-state index contributed by atoms with van der Waals surface area (Å²) in [7, 11) is 0. The molecule has 0 aliphatic carbocycles. The van der Waals surface area contributed by atoms with E-state index in [0.717, 1.165) is 51.7 Å². The van der Waals surface area contributed by atoms with Crippen molar-refractivity contribution in [2.75, 3.05) is 0 Å². The van der Waals surface area contributed by atoms with Crippen LogP contribution in [-0.2, 0) is 33.9 Å². The molecule has 3 heterocycles. The largest absolute Gasteiger partial charge is 2.00 e. The monoisotopic (exact) mass is 853 g/mol. The fourth-order valence-corrected chi connectivity index (χ4v) is 7.19. The minimum Gasteiger partial charge on any atom is -0.509 e. The maximum Gasteiger partial charge on any atom is 2.00 e. The molecule has 4 aromatic carbocycles. The van der Waals surface area contributed by atoms with Gasteiger partial charge in [0.1, 0.15) is 5.82 Å². The molecule has 0 bridgehead atoms. The predicted octanol–water partition coefficient (Wildman–Crippen LogP) is 11.8. The number of nitrogens with zero attached hydrogens (tertiary/aromatic N) is 4. The molecule has 0 saturated carbocycles. The van der Waals surface area contributed by atoms with Gasteiger partial charge in [0.15, 0.2) is 0 Å². The Hall–Kier alpha value is -4.47. The molecule has 0 aliphatic rings. The second-order valence-corrected chi connectivity index (χ2v) is 13.8. The Balaban J connectivity index is 0.00000448. The number of unbranched alkanes of at least 4 members (excludes halogenated alkanes) is 2. The summed E-state index contributed by atoms with van der Waals surface area (Å²) in [6, 6.07) is 32.2. The molecule has 262 valence electrons. The van der Waals surface area contributed by atoms with E-state index >= 15 is 0 Å². The summed E-state index contributed by atoms with van der Waals surface area (Å²) in [5.74, 6) is 2.50. The molecule has 0 saturated heterocycles. The maximum atomic E-state index is 6.46. The van der Waals surface area contributed by atoms with Crippen LogP contribution in [-0.4, -0.2) is 19.3 Å². The van der Waals surface area contributed by atoms with E-state index in [0.29, 0.717) is 17.4 Å². The molecule has 5 nitrogen and oxygen atoms in total. The van der Waals surface area contributed by atoms with Crippen molar-refractivity contribution in [2.45, 2.75) is 86.0 Å². The molecular formula is C45H46N4OPt. The quantitative estimate of drug-likeness (QED) is 0.115. The third-order valence-corrected chi connectivity index (χ3v) is 9.86. The number of aryl methyl sites for hydroxylation is 2. The van der Waals surface area contributed by atoms with Crippen molar-refractivity contribution < 1.29 is 25.8 Å². The van der Waals surface area contributed by atoms with Crippen LogP contribution in [0.1, 0.15) is 87.1 Å². The fraction of sp³-hybridized carbons (Fsp3) is 0.289. The zero-order valence-corrected chi connectivity index (χ0v) is 32.8. The van der Waals surface area contributed by atoms with Crippen LogP contribution in [0.25, 0.3) is 44.4 Å². The normalized spacial score (nSPS) is 11.4. The molecule has 0 N–H and O–H groups in total. The van der Waals surface area contributed by atoms with Crippen molar-refractivity contribution in [3.8, 4) is 34.1 Å². The van der Waals surface area contributed by atoms with Crippen LogP contribution in [0.2, 0.25) is 0 Å². The van der Waals surface area contributed by atoms with E-state index in [1.165, 1.54) is 59.1 Å². The van der Waals surface area contributed by atoms with Gasteiger partial charge < -0.3 is 9.30 Å². The number of fused-ring (bicyclic) bond motifs is 3. The number of aromatic nitrogens is 4. The Kier molecular flexibility index (Phi) is 11.3. The molecule has 51 heavy (non-hydrogen) atoms. The van der Waals surface area contributed by atoms with Crippen LogP contribution >= 0.6 is 0 Å².